The molecule has 0 aliphatic carbocycles. The zero-order valence-electron chi connectivity index (χ0n) is 16.5. The van der Waals surface area contributed by atoms with Crippen molar-refractivity contribution in [3.8, 4) is 0 Å². The normalized spacial score (nSPS) is 11.7. The van der Waals surface area contributed by atoms with E-state index >= 15 is 0 Å². The summed E-state index contributed by atoms with van der Waals surface area (Å²) in [5.41, 5.74) is 2.73. The molecule has 4 aromatic rings. The number of thiophene rings is 1. The molecule has 9 heteroatoms. The highest BCUT2D eigenvalue weighted by Crippen LogP contribution is 2.20. The number of amides is 1. The van der Waals surface area contributed by atoms with Crippen molar-refractivity contribution in [3.63, 3.8) is 0 Å². The Hall–Kier alpha value is -3.04. The third-order valence-electron chi connectivity index (χ3n) is 4.67. The van der Waals surface area contributed by atoms with Crippen molar-refractivity contribution in [2.24, 2.45) is 0 Å². The molecule has 0 bridgehead atoms. The van der Waals surface area contributed by atoms with Gasteiger partial charge in [0.25, 0.3) is 5.91 Å². The lowest BCUT2D eigenvalue weighted by atomic mass is 10.1. The average Bonchev–Trinajstić information content (AvgIpc) is 3.36. The van der Waals surface area contributed by atoms with Gasteiger partial charge >= 0.3 is 0 Å². The highest BCUT2D eigenvalue weighted by atomic mass is 32.2. The van der Waals surface area contributed by atoms with E-state index in [-0.39, 0.29) is 17.3 Å². The van der Waals surface area contributed by atoms with Crippen LogP contribution in [0.3, 0.4) is 0 Å². The molecule has 0 fully saturated rings. The summed E-state index contributed by atoms with van der Waals surface area (Å²) in [5.74, 6) is -0.228. The maximum absolute atomic E-state index is 12.9. The number of fused-ring (bicyclic) bond motifs is 1. The Kier molecular flexibility index (Phi) is 5.40. The van der Waals surface area contributed by atoms with Gasteiger partial charge in [0, 0.05) is 23.4 Å². The smallest absolute Gasteiger partial charge is 0.252 e. The number of carbonyl (C=O) groups is 1. The molecule has 1 aromatic carbocycles. The molecule has 154 valence electrons. The fourth-order valence-electron chi connectivity index (χ4n) is 3.16. The van der Waals surface area contributed by atoms with Crippen LogP contribution >= 0.6 is 11.3 Å². The zero-order valence-corrected chi connectivity index (χ0v) is 18.1. The van der Waals surface area contributed by atoms with Crippen LogP contribution in [0.15, 0.2) is 58.9 Å². The molecule has 0 aliphatic heterocycles. The number of nitrogens with zero attached hydrogens (tertiary/aromatic N) is 3. The second kappa shape index (κ2) is 8.00. The van der Waals surface area contributed by atoms with Crippen LogP contribution in [0.5, 0.6) is 0 Å². The van der Waals surface area contributed by atoms with Gasteiger partial charge in [-0.25, -0.2) is 18.1 Å². The number of aromatic nitrogens is 3. The van der Waals surface area contributed by atoms with E-state index in [2.05, 4.69) is 15.4 Å². The third kappa shape index (κ3) is 4.27. The molecule has 1 N–H and O–H groups in total. The van der Waals surface area contributed by atoms with Gasteiger partial charge in [0.15, 0.2) is 15.5 Å². The Morgan fingerprint density at radius 3 is 2.63 bits per heavy atom. The number of aryl methyl sites for hydroxylation is 1. The van der Waals surface area contributed by atoms with Crippen LogP contribution in [-0.4, -0.2) is 35.3 Å². The van der Waals surface area contributed by atoms with Gasteiger partial charge in [0.05, 0.1) is 28.6 Å². The van der Waals surface area contributed by atoms with Crippen molar-refractivity contribution >= 4 is 38.1 Å². The molecule has 30 heavy (non-hydrogen) atoms. The second-order valence-electron chi connectivity index (χ2n) is 7.03. The number of hydrogen-bond acceptors (Lipinski definition) is 6. The van der Waals surface area contributed by atoms with Gasteiger partial charge in [-0.15, -0.1) is 11.3 Å². The van der Waals surface area contributed by atoms with Crippen LogP contribution in [0.25, 0.3) is 11.0 Å². The number of carbonyl (C=O) groups excluding carboxylic acids is 1. The first-order valence-corrected chi connectivity index (χ1v) is 12.0. The minimum atomic E-state index is -3.24. The maximum Gasteiger partial charge on any atom is 0.252 e. The summed E-state index contributed by atoms with van der Waals surface area (Å²) in [6, 6.07) is 12.3. The number of hydrogen-bond donors (Lipinski definition) is 1. The van der Waals surface area contributed by atoms with Crippen LogP contribution in [0, 0.1) is 6.92 Å². The zero-order chi connectivity index (χ0) is 21.3. The van der Waals surface area contributed by atoms with Crippen molar-refractivity contribution < 1.29 is 13.2 Å². The number of pyridine rings is 1. The molecule has 0 unspecified atom stereocenters. The highest BCUT2D eigenvalue weighted by Gasteiger charge is 2.16. The largest absolute Gasteiger partial charge is 0.348 e. The van der Waals surface area contributed by atoms with Crippen molar-refractivity contribution in [1.29, 1.82) is 0 Å². The molecule has 1 amide bonds. The lowest BCUT2D eigenvalue weighted by Crippen LogP contribution is -2.23. The molecular formula is C21H20N4O3S2. The van der Waals surface area contributed by atoms with Crippen molar-refractivity contribution in [3.05, 3.63) is 75.7 Å². The summed E-state index contributed by atoms with van der Waals surface area (Å²) >= 11 is 1.65. The molecule has 0 atom stereocenters. The molecule has 0 saturated heterocycles. The molecule has 4 rings (SSSR count). The molecule has 3 aromatic heterocycles. The Morgan fingerprint density at radius 2 is 1.97 bits per heavy atom. The van der Waals surface area contributed by atoms with Crippen molar-refractivity contribution in [1.82, 2.24) is 20.1 Å². The van der Waals surface area contributed by atoms with Crippen LogP contribution in [-0.2, 0) is 22.9 Å². The van der Waals surface area contributed by atoms with Gasteiger partial charge in [-0.05, 0) is 42.1 Å². The predicted molar refractivity (Wildman–Crippen MR) is 116 cm³/mol. The van der Waals surface area contributed by atoms with Gasteiger partial charge in [0.1, 0.15) is 0 Å². The molecule has 0 spiro atoms. The van der Waals surface area contributed by atoms with E-state index in [9.17, 15) is 13.2 Å². The second-order valence-corrected chi connectivity index (χ2v) is 10.1. The monoisotopic (exact) mass is 440 g/mol. The van der Waals surface area contributed by atoms with Gasteiger partial charge in [0.2, 0.25) is 0 Å². The maximum atomic E-state index is 12.9. The summed E-state index contributed by atoms with van der Waals surface area (Å²) in [6.45, 7) is 2.74. The highest BCUT2D eigenvalue weighted by molar-refractivity contribution is 7.90. The number of rotatable bonds is 6. The number of nitrogens with one attached hydrogen (secondary N) is 1. The van der Waals surface area contributed by atoms with E-state index in [4.69, 9.17) is 0 Å². The summed E-state index contributed by atoms with van der Waals surface area (Å²) in [5, 5.41) is 10.0. The van der Waals surface area contributed by atoms with Gasteiger partial charge in [-0.2, -0.15) is 5.10 Å². The quantitative estimate of drug-likeness (QED) is 0.497. The van der Waals surface area contributed by atoms with E-state index in [0.29, 0.717) is 23.1 Å². The first-order chi connectivity index (χ1) is 14.3. The number of sulfone groups is 1. The topological polar surface area (TPSA) is 94.0 Å². The minimum Gasteiger partial charge on any atom is -0.348 e. The third-order valence-corrected chi connectivity index (χ3v) is 6.66. The van der Waals surface area contributed by atoms with E-state index in [1.54, 1.807) is 52.5 Å². The standard InChI is InChI=1S/C21H20N4O3S2/c1-14-10-18(19-12-23-25(20(19)24-14)13-16-4-3-9-29-16)21(26)22-11-15-5-7-17(8-6-15)30(2,27)28/h3-10,12H,11,13H2,1-2H3,(H,22,26). The first kappa shape index (κ1) is 20.2. The minimum absolute atomic E-state index is 0.228. The van der Waals surface area contributed by atoms with Gasteiger partial charge in [-0.1, -0.05) is 18.2 Å². The Morgan fingerprint density at radius 1 is 1.20 bits per heavy atom. The fourth-order valence-corrected chi connectivity index (χ4v) is 4.47. The van der Waals surface area contributed by atoms with Gasteiger partial charge < -0.3 is 5.32 Å². The first-order valence-electron chi connectivity index (χ1n) is 9.24. The Bertz CT molecular complexity index is 1310. The molecular weight excluding hydrogens is 420 g/mol. The SMILES string of the molecule is Cc1cc(C(=O)NCc2ccc(S(C)(=O)=O)cc2)c2cnn(Cc3cccs3)c2n1. The fraction of sp³-hybridized carbons (Fsp3) is 0.190. The molecule has 0 radical (unpaired) electrons. The van der Waals surface area contributed by atoms with Crippen molar-refractivity contribution in [2.45, 2.75) is 24.9 Å². The molecule has 0 saturated carbocycles. The summed E-state index contributed by atoms with van der Waals surface area (Å²) < 4.78 is 24.9. The lowest BCUT2D eigenvalue weighted by Gasteiger charge is -2.08. The summed E-state index contributed by atoms with van der Waals surface area (Å²) in [4.78, 5) is 18.9. The Labute approximate surface area is 178 Å². The molecule has 3 heterocycles. The van der Waals surface area contributed by atoms with E-state index in [1.165, 1.54) is 6.26 Å². The Balaban J connectivity index is 1.55. The predicted octanol–water partition coefficient (Wildman–Crippen LogP) is 3.18. The van der Waals surface area contributed by atoms with Crippen LogP contribution in [0.2, 0.25) is 0 Å². The van der Waals surface area contributed by atoms with E-state index in [0.717, 1.165) is 16.1 Å². The van der Waals surface area contributed by atoms with Crippen LogP contribution in [0.1, 0.15) is 26.5 Å². The van der Waals surface area contributed by atoms with Gasteiger partial charge in [-0.3, -0.25) is 4.79 Å². The molecule has 0 aliphatic rings. The molecule has 7 nitrogen and oxygen atoms in total. The van der Waals surface area contributed by atoms with Crippen molar-refractivity contribution in [2.75, 3.05) is 6.26 Å². The average molecular weight is 441 g/mol. The summed E-state index contributed by atoms with van der Waals surface area (Å²) in [7, 11) is -3.24. The van der Waals surface area contributed by atoms with E-state index < -0.39 is 9.84 Å². The summed E-state index contributed by atoms with van der Waals surface area (Å²) in [6.07, 6.45) is 2.84. The van der Waals surface area contributed by atoms with E-state index in [1.807, 2.05) is 24.4 Å². The number of benzene rings is 1. The lowest BCUT2D eigenvalue weighted by molar-refractivity contribution is 0.0952. The van der Waals surface area contributed by atoms with Crippen LogP contribution < -0.4 is 5.32 Å². The van der Waals surface area contributed by atoms with Crippen LogP contribution in [0.4, 0.5) is 0 Å².